The van der Waals surface area contributed by atoms with Crippen molar-refractivity contribution in [3.63, 3.8) is 0 Å². The fourth-order valence-electron chi connectivity index (χ4n) is 3.10. The van der Waals surface area contributed by atoms with Gasteiger partial charge in [-0.3, -0.25) is 4.90 Å². The lowest BCUT2D eigenvalue weighted by Crippen LogP contribution is -2.40. The molecule has 0 saturated carbocycles. The Morgan fingerprint density at radius 3 is 2.43 bits per heavy atom. The quantitative estimate of drug-likeness (QED) is 0.898. The van der Waals surface area contributed by atoms with Crippen LogP contribution in [0.4, 0.5) is 0 Å². The predicted octanol–water partition coefficient (Wildman–Crippen LogP) is 2.75. The standard InChI is InChI=1S/C18H30N2O2S/c1-18(2,3)17-9-7-15(8-10-17)13-20-11-5-6-16(14-20)12-19-23(4,21)22/h7-10,16,19H,5-6,11-14H2,1-4H3/t16-/m1/s1. The van der Waals surface area contributed by atoms with Crippen LogP contribution in [0.5, 0.6) is 0 Å². The fraction of sp³-hybridized carbons (Fsp3) is 0.667. The van der Waals surface area contributed by atoms with Gasteiger partial charge in [0.15, 0.2) is 0 Å². The van der Waals surface area contributed by atoms with E-state index >= 15 is 0 Å². The number of hydrogen-bond acceptors (Lipinski definition) is 3. The third-order valence-corrected chi connectivity index (χ3v) is 5.15. The molecule has 0 aromatic heterocycles. The summed E-state index contributed by atoms with van der Waals surface area (Å²) in [5.41, 5.74) is 2.87. The number of piperidine rings is 1. The van der Waals surface area contributed by atoms with Gasteiger partial charge < -0.3 is 0 Å². The molecule has 1 aliphatic rings. The van der Waals surface area contributed by atoms with Crippen molar-refractivity contribution >= 4 is 10.0 Å². The highest BCUT2D eigenvalue weighted by atomic mass is 32.2. The molecule has 1 aliphatic heterocycles. The topological polar surface area (TPSA) is 49.4 Å². The number of nitrogens with one attached hydrogen (secondary N) is 1. The molecule has 1 heterocycles. The summed E-state index contributed by atoms with van der Waals surface area (Å²) in [6.45, 7) is 10.2. The molecule has 0 bridgehead atoms. The van der Waals surface area contributed by atoms with Gasteiger partial charge in [-0.15, -0.1) is 0 Å². The average Bonchev–Trinajstić information content (AvgIpc) is 2.44. The largest absolute Gasteiger partial charge is 0.299 e. The first-order valence-corrected chi connectivity index (χ1v) is 10.3. The Morgan fingerprint density at radius 2 is 1.87 bits per heavy atom. The van der Waals surface area contributed by atoms with Gasteiger partial charge in [0.2, 0.25) is 10.0 Å². The van der Waals surface area contributed by atoms with E-state index in [2.05, 4.69) is 54.7 Å². The molecule has 1 saturated heterocycles. The SMILES string of the molecule is CC(C)(C)c1ccc(CN2CCC[C@H](CNS(C)(=O)=O)C2)cc1. The van der Waals surface area contributed by atoms with Crippen molar-refractivity contribution in [1.29, 1.82) is 0 Å². The summed E-state index contributed by atoms with van der Waals surface area (Å²) in [6, 6.07) is 8.89. The minimum atomic E-state index is -3.09. The van der Waals surface area contributed by atoms with Gasteiger partial charge in [0, 0.05) is 19.6 Å². The number of hydrogen-bond donors (Lipinski definition) is 1. The van der Waals surface area contributed by atoms with E-state index in [-0.39, 0.29) is 5.41 Å². The lowest BCUT2D eigenvalue weighted by atomic mass is 9.86. The molecule has 130 valence electrons. The van der Waals surface area contributed by atoms with Crippen molar-refractivity contribution < 1.29 is 8.42 Å². The zero-order valence-electron chi connectivity index (χ0n) is 14.8. The summed E-state index contributed by atoms with van der Waals surface area (Å²) in [6.07, 6.45) is 3.46. The predicted molar refractivity (Wildman–Crippen MR) is 96.0 cm³/mol. The van der Waals surface area contributed by atoms with Gasteiger partial charge in [-0.25, -0.2) is 13.1 Å². The van der Waals surface area contributed by atoms with Crippen molar-refractivity contribution in [1.82, 2.24) is 9.62 Å². The van der Waals surface area contributed by atoms with E-state index in [0.717, 1.165) is 32.5 Å². The highest BCUT2D eigenvalue weighted by Crippen LogP contribution is 2.23. The molecule has 1 fully saturated rings. The van der Waals surface area contributed by atoms with E-state index in [4.69, 9.17) is 0 Å². The maximum Gasteiger partial charge on any atom is 0.208 e. The van der Waals surface area contributed by atoms with Gasteiger partial charge >= 0.3 is 0 Å². The molecule has 5 heteroatoms. The normalized spacial score (nSPS) is 20.6. The van der Waals surface area contributed by atoms with Crippen LogP contribution in [-0.2, 0) is 22.0 Å². The Balaban J connectivity index is 1.90. The van der Waals surface area contributed by atoms with Crippen LogP contribution >= 0.6 is 0 Å². The van der Waals surface area contributed by atoms with Crippen LogP contribution < -0.4 is 4.72 Å². The van der Waals surface area contributed by atoms with Gasteiger partial charge in [-0.05, 0) is 41.8 Å². The second kappa shape index (κ2) is 7.32. The average molecular weight is 339 g/mol. The van der Waals surface area contributed by atoms with Gasteiger partial charge in [-0.1, -0.05) is 45.0 Å². The first-order valence-electron chi connectivity index (χ1n) is 8.40. The lowest BCUT2D eigenvalue weighted by molar-refractivity contribution is 0.169. The minimum Gasteiger partial charge on any atom is -0.299 e. The molecule has 0 radical (unpaired) electrons. The van der Waals surface area contributed by atoms with Crippen LogP contribution in [0.15, 0.2) is 24.3 Å². The van der Waals surface area contributed by atoms with Gasteiger partial charge in [0.25, 0.3) is 0 Å². The number of benzene rings is 1. The minimum absolute atomic E-state index is 0.187. The van der Waals surface area contributed by atoms with Gasteiger partial charge in [0.05, 0.1) is 6.26 Å². The van der Waals surface area contributed by atoms with Crippen molar-refractivity contribution in [2.45, 2.75) is 45.6 Å². The highest BCUT2D eigenvalue weighted by Gasteiger charge is 2.21. The molecule has 1 atom stereocenters. The van der Waals surface area contributed by atoms with E-state index in [1.165, 1.54) is 17.4 Å². The van der Waals surface area contributed by atoms with Crippen molar-refractivity contribution in [2.75, 3.05) is 25.9 Å². The van der Waals surface area contributed by atoms with Crippen LogP contribution in [0.1, 0.15) is 44.7 Å². The van der Waals surface area contributed by atoms with Crippen LogP contribution in [-0.4, -0.2) is 39.2 Å². The first-order chi connectivity index (χ1) is 10.6. The monoisotopic (exact) mass is 338 g/mol. The molecule has 0 amide bonds. The van der Waals surface area contributed by atoms with Crippen LogP contribution in [0.3, 0.4) is 0 Å². The molecule has 0 spiro atoms. The Labute approximate surface area is 141 Å². The summed E-state index contributed by atoms with van der Waals surface area (Å²) in [5.74, 6) is 0.410. The third kappa shape index (κ3) is 6.24. The Morgan fingerprint density at radius 1 is 1.22 bits per heavy atom. The third-order valence-electron chi connectivity index (χ3n) is 4.46. The Bertz CT molecular complexity index is 603. The van der Waals surface area contributed by atoms with Crippen LogP contribution in [0.2, 0.25) is 0 Å². The number of nitrogens with zero attached hydrogens (tertiary/aromatic N) is 1. The van der Waals surface area contributed by atoms with E-state index in [9.17, 15) is 8.42 Å². The Hall–Kier alpha value is -0.910. The van der Waals surface area contributed by atoms with E-state index in [1.807, 2.05) is 0 Å². The van der Waals surface area contributed by atoms with Crippen molar-refractivity contribution in [2.24, 2.45) is 5.92 Å². The molecule has 0 aliphatic carbocycles. The van der Waals surface area contributed by atoms with Gasteiger partial charge in [0.1, 0.15) is 0 Å². The number of sulfonamides is 1. The molecule has 2 rings (SSSR count). The first kappa shape index (κ1) is 18.4. The summed E-state index contributed by atoms with van der Waals surface area (Å²) in [5, 5.41) is 0. The molecular weight excluding hydrogens is 308 g/mol. The smallest absolute Gasteiger partial charge is 0.208 e. The molecule has 1 N–H and O–H groups in total. The van der Waals surface area contributed by atoms with Crippen LogP contribution in [0, 0.1) is 5.92 Å². The molecular formula is C18H30N2O2S. The fourth-order valence-corrected chi connectivity index (χ4v) is 3.64. The molecule has 23 heavy (non-hydrogen) atoms. The zero-order chi connectivity index (χ0) is 17.1. The second-order valence-electron chi connectivity index (χ2n) is 7.81. The zero-order valence-corrected chi connectivity index (χ0v) is 15.6. The lowest BCUT2D eigenvalue weighted by Gasteiger charge is -2.32. The second-order valence-corrected chi connectivity index (χ2v) is 9.64. The summed E-state index contributed by atoms with van der Waals surface area (Å²) < 4.78 is 25.1. The maximum absolute atomic E-state index is 11.2. The van der Waals surface area contributed by atoms with Gasteiger partial charge in [-0.2, -0.15) is 0 Å². The maximum atomic E-state index is 11.2. The van der Waals surface area contributed by atoms with E-state index in [0.29, 0.717) is 12.5 Å². The van der Waals surface area contributed by atoms with Crippen molar-refractivity contribution in [3.8, 4) is 0 Å². The summed E-state index contributed by atoms with van der Waals surface area (Å²) in [4.78, 5) is 2.43. The van der Waals surface area contributed by atoms with Crippen LogP contribution in [0.25, 0.3) is 0 Å². The molecule has 0 unspecified atom stereocenters. The van der Waals surface area contributed by atoms with Crippen molar-refractivity contribution in [3.05, 3.63) is 35.4 Å². The summed E-state index contributed by atoms with van der Waals surface area (Å²) in [7, 11) is -3.09. The number of likely N-dealkylation sites (tertiary alicyclic amines) is 1. The van der Waals surface area contributed by atoms with E-state index < -0.39 is 10.0 Å². The molecule has 1 aromatic rings. The summed E-state index contributed by atoms with van der Waals surface area (Å²) >= 11 is 0. The number of rotatable bonds is 5. The highest BCUT2D eigenvalue weighted by molar-refractivity contribution is 7.88. The van der Waals surface area contributed by atoms with E-state index in [1.54, 1.807) is 0 Å². The molecule has 1 aromatic carbocycles. The molecule has 4 nitrogen and oxygen atoms in total. The Kier molecular flexibility index (Phi) is 5.87.